The third-order valence-electron chi connectivity index (χ3n) is 2.75. The highest BCUT2D eigenvalue weighted by Gasteiger charge is 2.19. The van der Waals surface area contributed by atoms with Gasteiger partial charge < -0.3 is 10.2 Å². The van der Waals surface area contributed by atoms with Gasteiger partial charge in [0.2, 0.25) is 5.91 Å². The van der Waals surface area contributed by atoms with Gasteiger partial charge >= 0.3 is 0 Å². The molecule has 1 heterocycles. The van der Waals surface area contributed by atoms with Crippen LogP contribution < -0.4 is 5.32 Å². The topological polar surface area (TPSA) is 32.3 Å². The van der Waals surface area contributed by atoms with Crippen LogP contribution in [0.4, 0.5) is 0 Å². The average Bonchev–Trinajstić information content (AvgIpc) is 2.30. The van der Waals surface area contributed by atoms with Crippen LogP contribution in [0.25, 0.3) is 0 Å². The van der Waals surface area contributed by atoms with Gasteiger partial charge in [-0.1, -0.05) is 18.3 Å². The van der Waals surface area contributed by atoms with E-state index in [1.807, 2.05) is 0 Å². The molecule has 0 aromatic carbocycles. The summed E-state index contributed by atoms with van der Waals surface area (Å²) in [7, 11) is 0. The summed E-state index contributed by atoms with van der Waals surface area (Å²) in [4.78, 5) is 13.4. The van der Waals surface area contributed by atoms with Gasteiger partial charge in [-0.15, -0.1) is 12.8 Å². The van der Waals surface area contributed by atoms with Crippen LogP contribution in [0.3, 0.4) is 0 Å². The van der Waals surface area contributed by atoms with Crippen molar-refractivity contribution < 1.29 is 4.79 Å². The Hall–Kier alpha value is -1.45. The second kappa shape index (κ2) is 6.93. The first-order valence-corrected chi connectivity index (χ1v) is 5.66. The summed E-state index contributed by atoms with van der Waals surface area (Å²) in [6, 6.07) is 0.291. The molecule has 0 spiro atoms. The molecule has 0 radical (unpaired) electrons. The van der Waals surface area contributed by atoms with Crippen LogP contribution in [-0.4, -0.2) is 36.5 Å². The molecule has 0 bridgehead atoms. The third kappa shape index (κ3) is 3.96. The van der Waals surface area contributed by atoms with Crippen molar-refractivity contribution in [1.82, 2.24) is 10.2 Å². The van der Waals surface area contributed by atoms with Crippen LogP contribution in [0.5, 0.6) is 0 Å². The number of hydrogen-bond donors (Lipinski definition) is 1. The van der Waals surface area contributed by atoms with Gasteiger partial charge in [0.1, 0.15) is 0 Å². The molecule has 1 aliphatic heterocycles. The zero-order valence-corrected chi connectivity index (χ0v) is 9.54. The van der Waals surface area contributed by atoms with Crippen molar-refractivity contribution in [2.45, 2.75) is 31.7 Å². The number of terminal acetylenes is 2. The lowest BCUT2D eigenvalue weighted by Gasteiger charge is -2.25. The standard InChI is InChI=1S/C13H18N2O/c1-3-9-15(10-4-2)13(16)11-12-7-5-6-8-14-12/h1-2,12,14H,5-11H2/t12-/m1/s1. The Labute approximate surface area is 97.6 Å². The lowest BCUT2D eigenvalue weighted by molar-refractivity contribution is -0.130. The Morgan fingerprint density at radius 2 is 2.00 bits per heavy atom. The summed E-state index contributed by atoms with van der Waals surface area (Å²) >= 11 is 0. The molecule has 0 saturated carbocycles. The van der Waals surface area contributed by atoms with Crippen LogP contribution in [0, 0.1) is 24.7 Å². The number of carbonyl (C=O) groups excluding carboxylic acids is 1. The van der Waals surface area contributed by atoms with Crippen LogP contribution in [0.2, 0.25) is 0 Å². The van der Waals surface area contributed by atoms with Gasteiger partial charge in [-0.3, -0.25) is 4.79 Å². The average molecular weight is 218 g/mol. The summed E-state index contributed by atoms with van der Waals surface area (Å²) in [5, 5.41) is 3.34. The van der Waals surface area contributed by atoms with Crippen molar-refractivity contribution in [2.24, 2.45) is 0 Å². The van der Waals surface area contributed by atoms with Crippen molar-refractivity contribution in [3.63, 3.8) is 0 Å². The molecule has 16 heavy (non-hydrogen) atoms. The van der Waals surface area contributed by atoms with E-state index in [4.69, 9.17) is 12.8 Å². The van der Waals surface area contributed by atoms with E-state index in [1.165, 1.54) is 12.8 Å². The quantitative estimate of drug-likeness (QED) is 0.701. The fraction of sp³-hybridized carbons (Fsp3) is 0.615. The molecule has 1 N–H and O–H groups in total. The Bertz CT molecular complexity index is 289. The zero-order chi connectivity index (χ0) is 11.8. The van der Waals surface area contributed by atoms with Crippen LogP contribution >= 0.6 is 0 Å². The maximum Gasteiger partial charge on any atom is 0.225 e. The molecule has 3 heteroatoms. The molecule has 0 unspecified atom stereocenters. The summed E-state index contributed by atoms with van der Waals surface area (Å²) < 4.78 is 0. The predicted molar refractivity (Wildman–Crippen MR) is 64.5 cm³/mol. The molecule has 1 fully saturated rings. The first-order valence-electron chi connectivity index (χ1n) is 5.66. The van der Waals surface area contributed by atoms with Crippen LogP contribution in [0.1, 0.15) is 25.7 Å². The molecule has 0 aromatic rings. The number of carbonyl (C=O) groups is 1. The molecular formula is C13H18N2O. The number of piperidine rings is 1. The Kier molecular flexibility index (Phi) is 5.46. The SMILES string of the molecule is C#CCN(CC#C)C(=O)C[C@H]1CCCCN1. The van der Waals surface area contributed by atoms with E-state index in [-0.39, 0.29) is 5.91 Å². The van der Waals surface area contributed by atoms with Gasteiger partial charge in [-0.05, 0) is 19.4 Å². The maximum absolute atomic E-state index is 11.9. The number of rotatable bonds is 4. The summed E-state index contributed by atoms with van der Waals surface area (Å²) in [6.07, 6.45) is 14.4. The molecule has 1 amide bonds. The van der Waals surface area contributed by atoms with E-state index in [9.17, 15) is 4.79 Å². The minimum atomic E-state index is 0.0512. The third-order valence-corrected chi connectivity index (χ3v) is 2.75. The first kappa shape index (κ1) is 12.6. The Balaban J connectivity index is 2.41. The van der Waals surface area contributed by atoms with Crippen molar-refractivity contribution in [3.8, 4) is 24.7 Å². The smallest absolute Gasteiger partial charge is 0.225 e. The van der Waals surface area contributed by atoms with E-state index in [1.54, 1.807) is 4.90 Å². The molecule has 1 saturated heterocycles. The monoisotopic (exact) mass is 218 g/mol. The predicted octanol–water partition coefficient (Wildman–Crippen LogP) is 0.614. The number of nitrogens with zero attached hydrogens (tertiary/aromatic N) is 1. The largest absolute Gasteiger partial charge is 0.320 e. The van der Waals surface area contributed by atoms with Gasteiger partial charge in [0.25, 0.3) is 0 Å². The highest BCUT2D eigenvalue weighted by Crippen LogP contribution is 2.11. The van der Waals surface area contributed by atoms with Crippen molar-refractivity contribution in [3.05, 3.63) is 0 Å². The number of nitrogens with one attached hydrogen (secondary N) is 1. The molecule has 0 aromatic heterocycles. The first-order chi connectivity index (χ1) is 7.77. The lowest BCUT2D eigenvalue weighted by atomic mass is 10.0. The van der Waals surface area contributed by atoms with Gasteiger partial charge in [0, 0.05) is 12.5 Å². The highest BCUT2D eigenvalue weighted by molar-refractivity contribution is 5.77. The molecule has 1 atom stereocenters. The zero-order valence-electron chi connectivity index (χ0n) is 9.54. The van der Waals surface area contributed by atoms with Crippen molar-refractivity contribution in [1.29, 1.82) is 0 Å². The summed E-state index contributed by atoms with van der Waals surface area (Å²) in [5.74, 6) is 4.97. The molecule has 0 aliphatic carbocycles. The Morgan fingerprint density at radius 3 is 2.50 bits per heavy atom. The maximum atomic E-state index is 11.9. The van der Waals surface area contributed by atoms with Gasteiger partial charge in [-0.25, -0.2) is 0 Å². The molecular weight excluding hydrogens is 200 g/mol. The van der Waals surface area contributed by atoms with Gasteiger partial charge in [-0.2, -0.15) is 0 Å². The van der Waals surface area contributed by atoms with Crippen molar-refractivity contribution >= 4 is 5.91 Å². The molecule has 1 aliphatic rings. The van der Waals surface area contributed by atoms with Crippen LogP contribution in [0.15, 0.2) is 0 Å². The van der Waals surface area contributed by atoms with Crippen LogP contribution in [-0.2, 0) is 4.79 Å². The fourth-order valence-corrected chi connectivity index (χ4v) is 1.89. The van der Waals surface area contributed by atoms with Gasteiger partial charge in [0.15, 0.2) is 0 Å². The van der Waals surface area contributed by atoms with Crippen molar-refractivity contribution in [2.75, 3.05) is 19.6 Å². The van der Waals surface area contributed by atoms with E-state index in [2.05, 4.69) is 17.2 Å². The molecule has 3 nitrogen and oxygen atoms in total. The van der Waals surface area contributed by atoms with E-state index in [0.717, 1.165) is 13.0 Å². The van der Waals surface area contributed by atoms with E-state index < -0.39 is 0 Å². The minimum Gasteiger partial charge on any atom is -0.320 e. The second-order valence-electron chi connectivity index (χ2n) is 4.01. The second-order valence-corrected chi connectivity index (χ2v) is 4.01. The number of amides is 1. The lowest BCUT2D eigenvalue weighted by Crippen LogP contribution is -2.40. The summed E-state index contributed by atoms with van der Waals surface area (Å²) in [6.45, 7) is 1.60. The minimum absolute atomic E-state index is 0.0512. The Morgan fingerprint density at radius 1 is 1.31 bits per heavy atom. The molecule has 86 valence electrons. The van der Waals surface area contributed by atoms with E-state index in [0.29, 0.717) is 25.6 Å². The highest BCUT2D eigenvalue weighted by atomic mass is 16.2. The number of hydrogen-bond acceptors (Lipinski definition) is 2. The fourth-order valence-electron chi connectivity index (χ4n) is 1.89. The summed E-state index contributed by atoms with van der Waals surface area (Å²) in [5.41, 5.74) is 0. The van der Waals surface area contributed by atoms with Gasteiger partial charge in [0.05, 0.1) is 13.1 Å². The van der Waals surface area contributed by atoms with E-state index >= 15 is 0 Å². The normalized spacial score (nSPS) is 19.5. The molecule has 1 rings (SSSR count).